The fourth-order valence-electron chi connectivity index (χ4n) is 3.71. The number of likely N-dealkylation sites (tertiary alicyclic amines) is 1. The van der Waals surface area contributed by atoms with E-state index >= 15 is 0 Å². The number of benzene rings is 1. The van der Waals surface area contributed by atoms with Crippen LogP contribution in [0.25, 0.3) is 10.6 Å². The first-order valence-corrected chi connectivity index (χ1v) is 10.6. The molecular weight excluding hydrogens is 404 g/mol. The smallest absolute Gasteiger partial charge is 0.274 e. The van der Waals surface area contributed by atoms with Crippen molar-refractivity contribution >= 4 is 28.8 Å². The number of hydrogen-bond acceptors (Lipinski definition) is 6. The molecule has 1 aromatic carbocycles. The Hall–Kier alpha value is -3.33. The third-order valence-electron chi connectivity index (χ3n) is 5.38. The third-order valence-corrected chi connectivity index (χ3v) is 6.28. The highest BCUT2D eigenvalue weighted by molar-refractivity contribution is 7.13. The number of aromatic nitrogens is 2. The lowest BCUT2D eigenvalue weighted by molar-refractivity contribution is -0.121. The van der Waals surface area contributed by atoms with Crippen molar-refractivity contribution in [3.05, 3.63) is 47.5 Å². The molecule has 0 bridgehead atoms. The summed E-state index contributed by atoms with van der Waals surface area (Å²) in [6.07, 6.45) is 1.23. The van der Waals surface area contributed by atoms with E-state index in [0.29, 0.717) is 48.8 Å². The molecule has 0 aliphatic carbocycles. The molecule has 0 saturated carbocycles. The average Bonchev–Trinajstić information content (AvgIpc) is 3.54. The zero-order valence-corrected chi connectivity index (χ0v) is 16.9. The number of piperidine rings is 1. The van der Waals surface area contributed by atoms with E-state index in [1.807, 2.05) is 17.5 Å². The lowest BCUT2D eigenvalue weighted by Crippen LogP contribution is -2.41. The van der Waals surface area contributed by atoms with Gasteiger partial charge >= 0.3 is 0 Å². The maximum Gasteiger partial charge on any atom is 0.274 e. The zero-order valence-electron chi connectivity index (χ0n) is 16.1. The van der Waals surface area contributed by atoms with E-state index in [1.165, 1.54) is 0 Å². The maximum atomic E-state index is 12.8. The van der Waals surface area contributed by atoms with Crippen molar-refractivity contribution in [2.45, 2.75) is 12.8 Å². The molecule has 2 aliphatic rings. The van der Waals surface area contributed by atoms with Gasteiger partial charge in [-0.15, -0.1) is 11.3 Å². The largest absolute Gasteiger partial charge is 0.454 e. The van der Waals surface area contributed by atoms with Gasteiger partial charge in [0.15, 0.2) is 17.2 Å². The van der Waals surface area contributed by atoms with Crippen LogP contribution in [-0.4, -0.2) is 46.8 Å². The first-order valence-electron chi connectivity index (χ1n) is 9.76. The van der Waals surface area contributed by atoms with E-state index in [0.717, 1.165) is 10.6 Å². The summed E-state index contributed by atoms with van der Waals surface area (Å²) in [4.78, 5) is 28.2. The molecule has 8 nitrogen and oxygen atoms in total. The van der Waals surface area contributed by atoms with Crippen LogP contribution in [-0.2, 0) is 4.79 Å². The molecule has 1 fully saturated rings. The monoisotopic (exact) mass is 424 g/mol. The summed E-state index contributed by atoms with van der Waals surface area (Å²) in [5, 5.41) is 12.0. The number of anilines is 1. The molecule has 4 heterocycles. The zero-order chi connectivity index (χ0) is 20.5. The minimum atomic E-state index is -0.139. The minimum absolute atomic E-state index is 0.0410. The van der Waals surface area contributed by atoms with Gasteiger partial charge in [-0.2, -0.15) is 5.10 Å². The highest BCUT2D eigenvalue weighted by atomic mass is 32.1. The molecule has 0 radical (unpaired) electrons. The molecule has 30 heavy (non-hydrogen) atoms. The van der Waals surface area contributed by atoms with Gasteiger partial charge in [0.25, 0.3) is 5.91 Å². The molecule has 1 saturated heterocycles. The van der Waals surface area contributed by atoms with Gasteiger partial charge in [0.2, 0.25) is 12.7 Å². The second kappa shape index (κ2) is 7.83. The molecule has 0 spiro atoms. The number of nitrogens with zero attached hydrogens (tertiary/aromatic N) is 2. The molecule has 9 heteroatoms. The van der Waals surface area contributed by atoms with E-state index < -0.39 is 0 Å². The molecular formula is C21H20N4O4S. The van der Waals surface area contributed by atoms with Gasteiger partial charge in [-0.1, -0.05) is 6.07 Å². The molecule has 2 N–H and O–H groups in total. The fourth-order valence-corrected chi connectivity index (χ4v) is 4.41. The summed E-state index contributed by atoms with van der Waals surface area (Å²) in [5.41, 5.74) is 1.92. The van der Waals surface area contributed by atoms with Gasteiger partial charge in [-0.25, -0.2) is 0 Å². The van der Waals surface area contributed by atoms with Crippen LogP contribution in [0.1, 0.15) is 23.3 Å². The summed E-state index contributed by atoms with van der Waals surface area (Å²) < 4.78 is 10.6. The van der Waals surface area contributed by atoms with Crippen LogP contribution in [0, 0.1) is 5.92 Å². The van der Waals surface area contributed by atoms with Gasteiger partial charge in [0, 0.05) is 30.8 Å². The second-order valence-electron chi connectivity index (χ2n) is 7.27. The van der Waals surface area contributed by atoms with Crippen LogP contribution in [0.15, 0.2) is 41.8 Å². The maximum absolute atomic E-state index is 12.8. The number of nitrogens with one attached hydrogen (secondary N) is 2. The van der Waals surface area contributed by atoms with Gasteiger partial charge in [-0.05, 0) is 42.5 Å². The van der Waals surface area contributed by atoms with Crippen molar-refractivity contribution in [2.24, 2.45) is 5.92 Å². The van der Waals surface area contributed by atoms with Crippen LogP contribution < -0.4 is 14.8 Å². The first kappa shape index (κ1) is 18.7. The first-order chi connectivity index (χ1) is 14.7. The SMILES string of the molecule is O=C(Nc1ccc2c(c1)OCO2)C1CCN(C(=O)c2cc(-c3cccs3)[nH]n2)CC1. The topological polar surface area (TPSA) is 96.5 Å². The number of carbonyl (C=O) groups is 2. The number of hydrogen-bond donors (Lipinski definition) is 2. The van der Waals surface area contributed by atoms with Gasteiger partial charge in [0.1, 0.15) is 0 Å². The Morgan fingerprint density at radius 3 is 2.77 bits per heavy atom. The number of H-pyrrole nitrogens is 1. The van der Waals surface area contributed by atoms with E-state index in [9.17, 15) is 9.59 Å². The van der Waals surface area contributed by atoms with Crippen molar-refractivity contribution in [3.63, 3.8) is 0 Å². The molecule has 0 unspecified atom stereocenters. The van der Waals surface area contributed by atoms with Crippen molar-refractivity contribution in [1.29, 1.82) is 0 Å². The van der Waals surface area contributed by atoms with Crippen molar-refractivity contribution < 1.29 is 19.1 Å². The molecule has 3 aromatic rings. The summed E-state index contributed by atoms with van der Waals surface area (Å²) in [6.45, 7) is 1.25. The number of thiophene rings is 1. The number of ether oxygens (including phenoxy) is 2. The predicted molar refractivity (Wildman–Crippen MR) is 112 cm³/mol. The Bertz CT molecular complexity index is 1070. The van der Waals surface area contributed by atoms with Gasteiger partial charge < -0.3 is 19.7 Å². The Balaban J connectivity index is 1.17. The number of fused-ring (bicyclic) bond motifs is 1. The Morgan fingerprint density at radius 1 is 1.13 bits per heavy atom. The summed E-state index contributed by atoms with van der Waals surface area (Å²) in [5.74, 6) is 1.03. The normalized spacial score (nSPS) is 15.9. The number of rotatable bonds is 4. The third kappa shape index (κ3) is 3.63. The van der Waals surface area contributed by atoms with Gasteiger partial charge in [0.05, 0.1) is 10.6 Å². The highest BCUT2D eigenvalue weighted by Crippen LogP contribution is 2.34. The summed E-state index contributed by atoms with van der Waals surface area (Å²) in [7, 11) is 0. The predicted octanol–water partition coefficient (Wildman–Crippen LogP) is 3.36. The standard InChI is InChI=1S/C21H20N4O4S/c26-20(22-14-3-4-17-18(10-14)29-12-28-17)13-5-7-25(8-6-13)21(27)16-11-15(23-24-16)19-2-1-9-30-19/h1-4,9-11,13H,5-8,12H2,(H,22,26)(H,23,24). The van der Waals surface area contributed by atoms with E-state index in [1.54, 1.807) is 40.5 Å². The van der Waals surface area contributed by atoms with Crippen LogP contribution >= 0.6 is 11.3 Å². The summed E-state index contributed by atoms with van der Waals surface area (Å²) in [6, 6.07) is 11.1. The quantitative estimate of drug-likeness (QED) is 0.670. The Kier molecular flexibility index (Phi) is 4.88. The van der Waals surface area contributed by atoms with Crippen LogP contribution in [0.4, 0.5) is 5.69 Å². The Labute approximate surface area is 176 Å². The minimum Gasteiger partial charge on any atom is -0.454 e. The number of amides is 2. The van der Waals surface area contributed by atoms with E-state index in [-0.39, 0.29) is 24.5 Å². The van der Waals surface area contributed by atoms with Crippen LogP contribution in [0.3, 0.4) is 0 Å². The van der Waals surface area contributed by atoms with Crippen LogP contribution in [0.5, 0.6) is 11.5 Å². The molecule has 0 atom stereocenters. The number of carbonyl (C=O) groups excluding carboxylic acids is 2. The van der Waals surface area contributed by atoms with Crippen molar-refractivity contribution in [1.82, 2.24) is 15.1 Å². The van der Waals surface area contributed by atoms with Crippen molar-refractivity contribution in [3.8, 4) is 22.1 Å². The molecule has 2 amide bonds. The molecule has 5 rings (SSSR count). The van der Waals surface area contributed by atoms with Gasteiger partial charge in [-0.3, -0.25) is 14.7 Å². The fraction of sp³-hybridized carbons (Fsp3) is 0.286. The Morgan fingerprint density at radius 2 is 1.97 bits per heavy atom. The lowest BCUT2D eigenvalue weighted by atomic mass is 9.95. The lowest BCUT2D eigenvalue weighted by Gasteiger charge is -2.30. The number of aromatic amines is 1. The summed E-state index contributed by atoms with van der Waals surface area (Å²) >= 11 is 1.59. The van der Waals surface area contributed by atoms with Crippen LogP contribution in [0.2, 0.25) is 0 Å². The second-order valence-corrected chi connectivity index (χ2v) is 8.22. The average molecular weight is 424 g/mol. The van der Waals surface area contributed by atoms with Crippen molar-refractivity contribution in [2.75, 3.05) is 25.2 Å². The van der Waals surface area contributed by atoms with E-state index in [4.69, 9.17) is 9.47 Å². The molecule has 154 valence electrons. The highest BCUT2D eigenvalue weighted by Gasteiger charge is 2.29. The molecule has 2 aliphatic heterocycles. The molecule has 2 aromatic heterocycles. The van der Waals surface area contributed by atoms with E-state index in [2.05, 4.69) is 15.5 Å².